The third-order valence-electron chi connectivity index (χ3n) is 4.11. The molecule has 0 spiro atoms. The Morgan fingerprint density at radius 1 is 1.26 bits per heavy atom. The molecule has 23 heavy (non-hydrogen) atoms. The van der Waals surface area contributed by atoms with Crippen LogP contribution in [0.3, 0.4) is 0 Å². The zero-order valence-electron chi connectivity index (χ0n) is 12.3. The van der Waals surface area contributed by atoms with Crippen LogP contribution in [-0.2, 0) is 19.4 Å². The molecule has 1 heterocycles. The fourth-order valence-corrected chi connectivity index (χ4v) is 2.98. The van der Waals surface area contributed by atoms with Gasteiger partial charge in [-0.1, -0.05) is 6.07 Å². The van der Waals surface area contributed by atoms with Gasteiger partial charge in [0.2, 0.25) is 0 Å². The topological polar surface area (TPSA) is 92.2 Å². The van der Waals surface area contributed by atoms with Crippen LogP contribution in [0.25, 0.3) is 0 Å². The van der Waals surface area contributed by atoms with Crippen molar-refractivity contribution < 1.29 is 14.3 Å². The molecule has 0 unspecified atom stereocenters. The average Bonchev–Trinajstić information content (AvgIpc) is 2.52. The van der Waals surface area contributed by atoms with Crippen molar-refractivity contribution in [3.05, 3.63) is 67.2 Å². The molecule has 0 radical (unpaired) electrons. The van der Waals surface area contributed by atoms with Gasteiger partial charge in [-0.3, -0.25) is 14.3 Å². The second-order valence-corrected chi connectivity index (χ2v) is 5.60. The summed E-state index contributed by atoms with van der Waals surface area (Å²) in [5.41, 5.74) is 0.463. The highest BCUT2D eigenvalue weighted by Crippen LogP contribution is 2.18. The van der Waals surface area contributed by atoms with Crippen LogP contribution >= 0.6 is 0 Å². The number of fused-ring (bicyclic) bond motifs is 1. The lowest BCUT2D eigenvalue weighted by molar-refractivity contribution is 0.0691. The molecule has 0 fully saturated rings. The number of benzene rings is 1. The molecule has 0 amide bonds. The summed E-state index contributed by atoms with van der Waals surface area (Å²) in [6.45, 7) is 0.0957. The fraction of sp³-hybridized carbons (Fsp3) is 0.312. The van der Waals surface area contributed by atoms with Gasteiger partial charge in [-0.05, 0) is 43.4 Å². The highest BCUT2D eigenvalue weighted by Gasteiger charge is 2.19. The maximum atomic E-state index is 13.5. The third kappa shape index (κ3) is 2.81. The minimum atomic E-state index is -1.36. The standard InChI is InChI=1S/C16H15FN2O4/c17-12-6-5-9(7-11(12)15(21)22)8-19-13-4-2-1-3-10(13)14(20)18-16(19)23/h5-7H,1-4,8H2,(H,21,22)(H,18,20,23). The van der Waals surface area contributed by atoms with Gasteiger partial charge in [-0.25, -0.2) is 14.0 Å². The first-order chi connectivity index (χ1) is 11.0. The smallest absolute Gasteiger partial charge is 0.338 e. The van der Waals surface area contributed by atoms with Crippen molar-refractivity contribution in [2.75, 3.05) is 0 Å². The second-order valence-electron chi connectivity index (χ2n) is 5.60. The van der Waals surface area contributed by atoms with Gasteiger partial charge in [-0.15, -0.1) is 0 Å². The summed E-state index contributed by atoms with van der Waals surface area (Å²) in [4.78, 5) is 37.3. The number of hydrogen-bond acceptors (Lipinski definition) is 3. The van der Waals surface area contributed by atoms with E-state index >= 15 is 0 Å². The van der Waals surface area contributed by atoms with Gasteiger partial charge < -0.3 is 5.11 Å². The summed E-state index contributed by atoms with van der Waals surface area (Å²) in [6.07, 6.45) is 3.03. The number of carboxylic acids is 1. The van der Waals surface area contributed by atoms with Gasteiger partial charge in [0.05, 0.1) is 12.1 Å². The van der Waals surface area contributed by atoms with Crippen molar-refractivity contribution >= 4 is 5.97 Å². The van der Waals surface area contributed by atoms with Gasteiger partial charge in [0, 0.05) is 11.3 Å². The van der Waals surface area contributed by atoms with Gasteiger partial charge in [0.25, 0.3) is 5.56 Å². The predicted molar refractivity (Wildman–Crippen MR) is 80.4 cm³/mol. The van der Waals surface area contributed by atoms with Crippen molar-refractivity contribution in [2.24, 2.45) is 0 Å². The Bertz CT molecular complexity index is 898. The lowest BCUT2D eigenvalue weighted by Gasteiger charge is -2.20. The molecule has 6 nitrogen and oxygen atoms in total. The van der Waals surface area contributed by atoms with Gasteiger partial charge >= 0.3 is 11.7 Å². The Morgan fingerprint density at radius 2 is 2.00 bits per heavy atom. The fourth-order valence-electron chi connectivity index (χ4n) is 2.98. The number of hydrogen-bond donors (Lipinski definition) is 2. The number of aromatic carboxylic acids is 1. The highest BCUT2D eigenvalue weighted by atomic mass is 19.1. The Kier molecular flexibility index (Phi) is 3.85. The number of nitrogens with zero attached hydrogens (tertiary/aromatic N) is 1. The molecule has 0 aliphatic heterocycles. The number of aromatic nitrogens is 2. The van der Waals surface area contributed by atoms with E-state index in [2.05, 4.69) is 4.98 Å². The third-order valence-corrected chi connectivity index (χ3v) is 4.11. The number of H-pyrrole nitrogens is 1. The largest absolute Gasteiger partial charge is 0.478 e. The summed E-state index contributed by atoms with van der Waals surface area (Å²) in [6, 6.07) is 3.72. The molecule has 3 rings (SSSR count). The highest BCUT2D eigenvalue weighted by molar-refractivity contribution is 5.88. The van der Waals surface area contributed by atoms with Crippen LogP contribution in [-0.4, -0.2) is 20.6 Å². The van der Waals surface area contributed by atoms with Crippen LogP contribution in [0.1, 0.15) is 40.0 Å². The molecule has 1 aromatic heterocycles. The van der Waals surface area contributed by atoms with E-state index in [0.29, 0.717) is 29.7 Å². The average molecular weight is 318 g/mol. The zero-order valence-corrected chi connectivity index (χ0v) is 12.3. The van der Waals surface area contributed by atoms with E-state index in [1.807, 2.05) is 0 Å². The van der Waals surface area contributed by atoms with Crippen molar-refractivity contribution in [1.29, 1.82) is 0 Å². The Morgan fingerprint density at radius 3 is 2.74 bits per heavy atom. The number of carbonyl (C=O) groups is 1. The summed E-state index contributed by atoms with van der Waals surface area (Å²) in [5, 5.41) is 8.98. The molecule has 1 aliphatic carbocycles. The molecule has 1 aliphatic rings. The first kappa shape index (κ1) is 15.2. The van der Waals surface area contributed by atoms with Gasteiger partial charge in [0.1, 0.15) is 5.82 Å². The number of halogens is 1. The predicted octanol–water partition coefficient (Wildman–Crippen LogP) is 1.30. The number of carboxylic acid groups (broad SMARTS) is 1. The summed E-state index contributed by atoms with van der Waals surface area (Å²) in [7, 11) is 0. The van der Waals surface area contributed by atoms with Crippen LogP contribution in [0.2, 0.25) is 0 Å². The molecule has 0 saturated heterocycles. The normalized spacial score (nSPS) is 13.6. The summed E-state index contributed by atoms with van der Waals surface area (Å²) in [5.74, 6) is -2.18. The van der Waals surface area contributed by atoms with E-state index in [9.17, 15) is 18.8 Å². The van der Waals surface area contributed by atoms with Crippen LogP contribution < -0.4 is 11.2 Å². The number of nitrogens with one attached hydrogen (secondary N) is 1. The quantitative estimate of drug-likeness (QED) is 0.892. The maximum absolute atomic E-state index is 13.5. The van der Waals surface area contributed by atoms with Crippen molar-refractivity contribution in [2.45, 2.75) is 32.2 Å². The molecule has 1 aromatic carbocycles. The Hall–Kier alpha value is -2.70. The molecular weight excluding hydrogens is 303 g/mol. The summed E-state index contributed by atoms with van der Waals surface area (Å²) < 4.78 is 14.9. The molecule has 0 saturated carbocycles. The first-order valence-corrected chi connectivity index (χ1v) is 7.34. The van der Waals surface area contributed by atoms with E-state index in [1.54, 1.807) is 0 Å². The zero-order chi connectivity index (χ0) is 16.6. The van der Waals surface area contributed by atoms with E-state index in [1.165, 1.54) is 16.7 Å². The van der Waals surface area contributed by atoms with Crippen molar-refractivity contribution in [1.82, 2.24) is 9.55 Å². The molecule has 0 bridgehead atoms. The minimum absolute atomic E-state index is 0.0957. The molecule has 120 valence electrons. The number of aromatic amines is 1. The Balaban J connectivity index is 2.07. The molecule has 0 atom stereocenters. The van der Waals surface area contributed by atoms with E-state index in [4.69, 9.17) is 5.11 Å². The first-order valence-electron chi connectivity index (χ1n) is 7.34. The van der Waals surface area contributed by atoms with Crippen molar-refractivity contribution in [3.63, 3.8) is 0 Å². The minimum Gasteiger partial charge on any atom is -0.478 e. The van der Waals surface area contributed by atoms with Crippen molar-refractivity contribution in [3.8, 4) is 0 Å². The van der Waals surface area contributed by atoms with Crippen LogP contribution in [0, 0.1) is 5.82 Å². The van der Waals surface area contributed by atoms with Gasteiger partial charge in [0.15, 0.2) is 0 Å². The molecule has 2 aromatic rings. The second kappa shape index (κ2) is 5.83. The van der Waals surface area contributed by atoms with E-state index in [0.717, 1.165) is 18.9 Å². The SMILES string of the molecule is O=C(O)c1cc(Cn2c3c(c(=O)[nH]c2=O)CCCC3)ccc1F. The van der Waals surface area contributed by atoms with Gasteiger partial charge in [-0.2, -0.15) is 0 Å². The lowest BCUT2D eigenvalue weighted by atomic mass is 9.96. The van der Waals surface area contributed by atoms with Crippen LogP contribution in [0.5, 0.6) is 0 Å². The van der Waals surface area contributed by atoms with Crippen LogP contribution in [0.15, 0.2) is 27.8 Å². The molecular formula is C16H15FN2O4. The molecule has 7 heteroatoms. The van der Waals surface area contributed by atoms with E-state index in [-0.39, 0.29) is 12.1 Å². The van der Waals surface area contributed by atoms with E-state index < -0.39 is 23.0 Å². The van der Waals surface area contributed by atoms with Crippen LogP contribution in [0.4, 0.5) is 4.39 Å². The Labute approximate surface area is 130 Å². The number of rotatable bonds is 3. The monoisotopic (exact) mass is 318 g/mol. The maximum Gasteiger partial charge on any atom is 0.338 e. The summed E-state index contributed by atoms with van der Waals surface area (Å²) >= 11 is 0. The lowest BCUT2D eigenvalue weighted by Crippen LogP contribution is -2.37. The molecule has 2 N–H and O–H groups in total.